The van der Waals surface area contributed by atoms with Crippen LogP contribution in [0.25, 0.3) is 0 Å². The zero-order valence-corrected chi connectivity index (χ0v) is 23.3. The number of anilines is 1. The first-order valence-corrected chi connectivity index (χ1v) is 14.7. The first-order valence-electron chi connectivity index (χ1n) is 12.8. The van der Waals surface area contributed by atoms with Crippen molar-refractivity contribution in [1.29, 1.82) is 0 Å². The molecule has 38 heavy (non-hydrogen) atoms. The molecule has 0 bridgehead atoms. The van der Waals surface area contributed by atoms with E-state index in [9.17, 15) is 18.0 Å². The van der Waals surface area contributed by atoms with E-state index in [0.29, 0.717) is 12.1 Å². The van der Waals surface area contributed by atoms with Crippen LogP contribution in [0.3, 0.4) is 0 Å². The lowest BCUT2D eigenvalue weighted by atomic mass is 10.0. The Bertz CT molecular complexity index is 1300. The van der Waals surface area contributed by atoms with Crippen LogP contribution < -0.4 is 9.62 Å². The zero-order chi connectivity index (χ0) is 27.7. The van der Waals surface area contributed by atoms with Crippen molar-refractivity contribution < 1.29 is 18.0 Å². The van der Waals surface area contributed by atoms with Crippen molar-refractivity contribution >= 4 is 27.5 Å². The number of hydrogen-bond donors (Lipinski definition) is 1. The molecule has 202 valence electrons. The Labute approximate surface area is 226 Å². The molecular weight excluding hydrogens is 498 g/mol. The highest BCUT2D eigenvalue weighted by Crippen LogP contribution is 2.20. The third-order valence-corrected chi connectivity index (χ3v) is 7.61. The summed E-state index contributed by atoms with van der Waals surface area (Å²) in [5.74, 6) is -0.727. The van der Waals surface area contributed by atoms with Gasteiger partial charge in [-0.05, 0) is 43.5 Å². The van der Waals surface area contributed by atoms with Gasteiger partial charge in [0.15, 0.2) is 0 Å². The number of benzene rings is 3. The molecule has 0 spiro atoms. The molecule has 0 saturated heterocycles. The molecule has 8 heteroatoms. The molecule has 0 aliphatic rings. The summed E-state index contributed by atoms with van der Waals surface area (Å²) in [5.41, 5.74) is 3.22. The standard InChI is InChI=1S/C30H37N3O4S/c1-5-24(3)31-30(35)28(20-25-12-8-6-9-13-25)32(21-26-18-16-23(2)17-19-26)29(34)22-33(38(4,36)37)27-14-10-7-11-15-27/h6-19,24,28H,5,20-22H2,1-4H3,(H,31,35)/t24-,28-/m1/s1. The van der Waals surface area contributed by atoms with Crippen LogP contribution in [0.2, 0.25) is 0 Å². The Morgan fingerprint density at radius 1 is 0.868 bits per heavy atom. The Kier molecular flexibility index (Phi) is 10.1. The van der Waals surface area contributed by atoms with Crippen LogP contribution in [0.5, 0.6) is 0 Å². The van der Waals surface area contributed by atoms with Crippen LogP contribution in [0.15, 0.2) is 84.9 Å². The number of para-hydroxylation sites is 1. The van der Waals surface area contributed by atoms with E-state index in [1.54, 1.807) is 30.3 Å². The maximum absolute atomic E-state index is 14.0. The molecule has 2 atom stereocenters. The van der Waals surface area contributed by atoms with Crippen molar-refractivity contribution in [3.8, 4) is 0 Å². The third-order valence-electron chi connectivity index (χ3n) is 6.47. The summed E-state index contributed by atoms with van der Waals surface area (Å²) in [7, 11) is -3.77. The fraction of sp³-hybridized carbons (Fsp3) is 0.333. The van der Waals surface area contributed by atoms with E-state index >= 15 is 0 Å². The van der Waals surface area contributed by atoms with E-state index < -0.39 is 28.5 Å². The molecule has 7 nitrogen and oxygen atoms in total. The lowest BCUT2D eigenvalue weighted by Crippen LogP contribution is -2.54. The Balaban J connectivity index is 2.03. The lowest BCUT2D eigenvalue weighted by Gasteiger charge is -2.34. The van der Waals surface area contributed by atoms with E-state index in [1.165, 1.54) is 4.90 Å². The molecule has 3 aromatic carbocycles. The second-order valence-corrected chi connectivity index (χ2v) is 11.5. The summed E-state index contributed by atoms with van der Waals surface area (Å²) in [6.45, 7) is 5.63. The summed E-state index contributed by atoms with van der Waals surface area (Å²) in [6.07, 6.45) is 2.12. The van der Waals surface area contributed by atoms with Crippen molar-refractivity contribution in [2.24, 2.45) is 0 Å². The second kappa shape index (κ2) is 13.2. The Morgan fingerprint density at radius 3 is 2.00 bits per heavy atom. The predicted molar refractivity (Wildman–Crippen MR) is 152 cm³/mol. The van der Waals surface area contributed by atoms with Crippen LogP contribution >= 0.6 is 0 Å². The summed E-state index contributed by atoms with van der Waals surface area (Å²) < 4.78 is 26.6. The highest BCUT2D eigenvalue weighted by molar-refractivity contribution is 7.92. The molecule has 0 radical (unpaired) electrons. The maximum Gasteiger partial charge on any atom is 0.244 e. The van der Waals surface area contributed by atoms with Crippen molar-refractivity contribution in [2.75, 3.05) is 17.1 Å². The van der Waals surface area contributed by atoms with Gasteiger partial charge in [-0.3, -0.25) is 13.9 Å². The highest BCUT2D eigenvalue weighted by atomic mass is 32.2. The van der Waals surface area contributed by atoms with Crippen molar-refractivity contribution in [1.82, 2.24) is 10.2 Å². The van der Waals surface area contributed by atoms with E-state index in [2.05, 4.69) is 5.32 Å². The first kappa shape index (κ1) is 28.9. The van der Waals surface area contributed by atoms with E-state index in [1.807, 2.05) is 75.4 Å². The fourth-order valence-electron chi connectivity index (χ4n) is 4.09. The first-order chi connectivity index (χ1) is 18.1. The largest absolute Gasteiger partial charge is 0.352 e. The maximum atomic E-state index is 14.0. The predicted octanol–water partition coefficient (Wildman–Crippen LogP) is 4.32. The average Bonchev–Trinajstić information content (AvgIpc) is 2.90. The molecule has 1 N–H and O–H groups in total. The van der Waals surface area contributed by atoms with E-state index in [4.69, 9.17) is 0 Å². The molecule has 0 fully saturated rings. The van der Waals surface area contributed by atoms with Crippen molar-refractivity contribution in [3.63, 3.8) is 0 Å². The van der Waals surface area contributed by atoms with Crippen molar-refractivity contribution in [2.45, 2.75) is 52.2 Å². The van der Waals surface area contributed by atoms with Gasteiger partial charge in [0.1, 0.15) is 12.6 Å². The molecule has 0 aromatic heterocycles. The smallest absolute Gasteiger partial charge is 0.244 e. The highest BCUT2D eigenvalue weighted by Gasteiger charge is 2.33. The Morgan fingerprint density at radius 2 is 1.45 bits per heavy atom. The number of nitrogens with one attached hydrogen (secondary N) is 1. The van der Waals surface area contributed by atoms with Crippen LogP contribution in [-0.4, -0.2) is 50.0 Å². The monoisotopic (exact) mass is 535 g/mol. The summed E-state index contributed by atoms with van der Waals surface area (Å²) in [4.78, 5) is 29.1. The van der Waals surface area contributed by atoms with Gasteiger partial charge in [0.25, 0.3) is 0 Å². The number of sulfonamides is 1. The number of nitrogens with zero attached hydrogens (tertiary/aromatic N) is 2. The van der Waals surface area contributed by atoms with Crippen LogP contribution in [0.1, 0.15) is 37.0 Å². The molecule has 0 aliphatic heterocycles. The SMILES string of the molecule is CC[C@@H](C)NC(=O)[C@@H](Cc1ccccc1)N(Cc1ccc(C)cc1)C(=O)CN(c1ccccc1)S(C)(=O)=O. The molecule has 0 aliphatic carbocycles. The van der Waals surface area contributed by atoms with Crippen LogP contribution in [0, 0.1) is 6.92 Å². The number of amides is 2. The minimum absolute atomic E-state index is 0.0751. The summed E-state index contributed by atoms with van der Waals surface area (Å²) in [6, 6.07) is 24.9. The normalized spacial score (nSPS) is 12.8. The van der Waals surface area contributed by atoms with Gasteiger partial charge in [0.2, 0.25) is 21.8 Å². The quantitative estimate of drug-likeness (QED) is 0.374. The van der Waals surface area contributed by atoms with Gasteiger partial charge in [-0.15, -0.1) is 0 Å². The Hall–Kier alpha value is -3.65. The third kappa shape index (κ3) is 8.18. The summed E-state index contributed by atoms with van der Waals surface area (Å²) in [5, 5.41) is 3.03. The van der Waals surface area contributed by atoms with E-state index in [-0.39, 0.29) is 18.5 Å². The number of carbonyl (C=O) groups excluding carboxylic acids is 2. The summed E-state index contributed by atoms with van der Waals surface area (Å²) >= 11 is 0. The van der Waals surface area contributed by atoms with Gasteiger partial charge in [-0.1, -0.05) is 85.3 Å². The topological polar surface area (TPSA) is 86.8 Å². The van der Waals surface area contributed by atoms with E-state index in [0.717, 1.165) is 33.7 Å². The van der Waals surface area contributed by atoms with Crippen LogP contribution in [0.4, 0.5) is 5.69 Å². The molecule has 2 amide bonds. The van der Waals surface area contributed by atoms with Gasteiger partial charge >= 0.3 is 0 Å². The average molecular weight is 536 g/mol. The van der Waals surface area contributed by atoms with Gasteiger partial charge in [0, 0.05) is 19.0 Å². The van der Waals surface area contributed by atoms with Gasteiger partial charge in [-0.2, -0.15) is 0 Å². The van der Waals surface area contributed by atoms with Crippen LogP contribution in [-0.2, 0) is 32.6 Å². The van der Waals surface area contributed by atoms with Gasteiger partial charge < -0.3 is 10.2 Å². The van der Waals surface area contributed by atoms with Gasteiger partial charge in [-0.25, -0.2) is 8.42 Å². The number of rotatable bonds is 12. The number of aryl methyl sites for hydroxylation is 1. The molecule has 3 rings (SSSR count). The number of hydrogen-bond acceptors (Lipinski definition) is 4. The van der Waals surface area contributed by atoms with Gasteiger partial charge in [0.05, 0.1) is 11.9 Å². The minimum Gasteiger partial charge on any atom is -0.352 e. The molecular formula is C30H37N3O4S. The van der Waals surface area contributed by atoms with Crippen molar-refractivity contribution in [3.05, 3.63) is 102 Å². The lowest BCUT2D eigenvalue weighted by molar-refractivity contribution is -0.140. The molecule has 0 saturated carbocycles. The molecule has 3 aromatic rings. The minimum atomic E-state index is -3.77. The zero-order valence-electron chi connectivity index (χ0n) is 22.5. The number of carbonyl (C=O) groups is 2. The molecule has 0 unspecified atom stereocenters. The fourth-order valence-corrected chi connectivity index (χ4v) is 4.94. The second-order valence-electron chi connectivity index (χ2n) is 9.64. The molecule has 0 heterocycles.